The summed E-state index contributed by atoms with van der Waals surface area (Å²) in [6.45, 7) is 3.62. The van der Waals surface area contributed by atoms with Crippen LogP contribution in [0.1, 0.15) is 41.5 Å². The van der Waals surface area contributed by atoms with Gasteiger partial charge in [-0.05, 0) is 28.4 Å². The Morgan fingerprint density at radius 2 is 2.15 bits per heavy atom. The fourth-order valence-corrected chi connectivity index (χ4v) is 2.28. The molecule has 27 heavy (non-hydrogen) atoms. The lowest BCUT2D eigenvalue weighted by atomic mass is 10.1. The standard InChI is InChI=1S/C15H14F2N8O2/c1-7(2)12-11(20-24-25(12)14-13(18)22-27-23-14)15(26)21-19-6-8-3-4-9(16)5-10(8)17/h3-7H,1-2H3,(H2,18,22)(H,21,26). The zero-order valence-electron chi connectivity index (χ0n) is 14.2. The van der Waals surface area contributed by atoms with Crippen LogP contribution < -0.4 is 11.2 Å². The van der Waals surface area contributed by atoms with Gasteiger partial charge in [0.15, 0.2) is 5.69 Å². The number of hydrogen-bond acceptors (Lipinski definition) is 8. The first-order valence-corrected chi connectivity index (χ1v) is 7.71. The number of hydrogen-bond donors (Lipinski definition) is 2. The van der Waals surface area contributed by atoms with Crippen LogP contribution in [0.5, 0.6) is 0 Å². The SMILES string of the molecule is CC(C)c1c(C(=O)NN=Cc2ccc(F)cc2F)nnn1-c1nonc1N. The molecule has 2 heterocycles. The van der Waals surface area contributed by atoms with Gasteiger partial charge < -0.3 is 5.73 Å². The number of nitrogens with zero attached hydrogens (tertiary/aromatic N) is 6. The molecular weight excluding hydrogens is 362 g/mol. The second-order valence-electron chi connectivity index (χ2n) is 5.73. The summed E-state index contributed by atoms with van der Waals surface area (Å²) in [4.78, 5) is 12.4. The van der Waals surface area contributed by atoms with E-state index in [1.165, 1.54) is 10.7 Å². The predicted molar refractivity (Wildman–Crippen MR) is 89.1 cm³/mol. The Hall–Kier alpha value is -3.70. The number of aromatic nitrogens is 5. The summed E-state index contributed by atoms with van der Waals surface area (Å²) in [5.41, 5.74) is 8.26. The first kappa shape index (κ1) is 18.1. The fraction of sp³-hybridized carbons (Fsp3) is 0.200. The summed E-state index contributed by atoms with van der Waals surface area (Å²) in [7, 11) is 0. The lowest BCUT2D eigenvalue weighted by Crippen LogP contribution is -2.21. The zero-order chi connectivity index (χ0) is 19.6. The van der Waals surface area contributed by atoms with Crippen LogP contribution in [-0.4, -0.2) is 37.4 Å². The van der Waals surface area contributed by atoms with Crippen LogP contribution in [0.4, 0.5) is 14.6 Å². The molecule has 12 heteroatoms. The van der Waals surface area contributed by atoms with E-state index in [4.69, 9.17) is 5.73 Å². The number of nitrogen functional groups attached to an aromatic ring is 1. The summed E-state index contributed by atoms with van der Waals surface area (Å²) < 4.78 is 32.2. The van der Waals surface area contributed by atoms with Gasteiger partial charge in [0.1, 0.15) is 11.6 Å². The predicted octanol–water partition coefficient (Wildman–Crippen LogP) is 1.40. The molecule has 0 radical (unpaired) electrons. The Labute approximate surface area is 151 Å². The lowest BCUT2D eigenvalue weighted by molar-refractivity contribution is 0.0948. The normalized spacial score (nSPS) is 11.4. The Kier molecular flexibility index (Phi) is 4.88. The summed E-state index contributed by atoms with van der Waals surface area (Å²) >= 11 is 0. The van der Waals surface area contributed by atoms with E-state index in [2.05, 4.69) is 35.8 Å². The number of carbonyl (C=O) groups is 1. The highest BCUT2D eigenvalue weighted by Crippen LogP contribution is 2.22. The van der Waals surface area contributed by atoms with Crippen molar-refractivity contribution in [3.05, 3.63) is 46.8 Å². The average molecular weight is 376 g/mol. The van der Waals surface area contributed by atoms with Gasteiger partial charge in [-0.15, -0.1) is 5.10 Å². The van der Waals surface area contributed by atoms with Crippen molar-refractivity contribution in [1.29, 1.82) is 0 Å². The zero-order valence-corrected chi connectivity index (χ0v) is 14.2. The van der Waals surface area contributed by atoms with Crippen LogP contribution in [0.25, 0.3) is 5.82 Å². The molecule has 140 valence electrons. The quantitative estimate of drug-likeness (QED) is 0.507. The summed E-state index contributed by atoms with van der Waals surface area (Å²) in [5, 5.41) is 18.5. The van der Waals surface area contributed by atoms with Crippen molar-refractivity contribution in [3.63, 3.8) is 0 Å². The molecule has 3 rings (SSSR count). The number of nitrogens with two attached hydrogens (primary N) is 1. The maximum absolute atomic E-state index is 13.6. The lowest BCUT2D eigenvalue weighted by Gasteiger charge is -2.08. The first-order chi connectivity index (χ1) is 12.9. The molecule has 2 aromatic heterocycles. The maximum Gasteiger partial charge on any atom is 0.293 e. The molecule has 3 aromatic rings. The molecule has 0 aliphatic carbocycles. The van der Waals surface area contributed by atoms with Crippen molar-refractivity contribution in [2.45, 2.75) is 19.8 Å². The van der Waals surface area contributed by atoms with Crippen molar-refractivity contribution in [2.24, 2.45) is 5.10 Å². The molecule has 0 aliphatic rings. The van der Waals surface area contributed by atoms with E-state index in [1.54, 1.807) is 0 Å². The molecule has 0 bridgehead atoms. The number of benzene rings is 1. The summed E-state index contributed by atoms with van der Waals surface area (Å²) in [5.74, 6) is -2.31. The summed E-state index contributed by atoms with van der Waals surface area (Å²) in [6, 6.07) is 2.98. The van der Waals surface area contributed by atoms with Crippen LogP contribution in [0.2, 0.25) is 0 Å². The smallest absolute Gasteiger partial charge is 0.293 e. The van der Waals surface area contributed by atoms with E-state index < -0.39 is 17.5 Å². The number of rotatable bonds is 5. The Morgan fingerprint density at radius 1 is 1.37 bits per heavy atom. The van der Waals surface area contributed by atoms with Gasteiger partial charge in [0.25, 0.3) is 5.91 Å². The van der Waals surface area contributed by atoms with Crippen LogP contribution in [0, 0.1) is 11.6 Å². The number of hydrazone groups is 1. The third-order valence-electron chi connectivity index (χ3n) is 3.50. The van der Waals surface area contributed by atoms with Crippen LogP contribution in [0.3, 0.4) is 0 Å². The molecule has 1 aromatic carbocycles. The first-order valence-electron chi connectivity index (χ1n) is 7.71. The number of halogens is 2. The van der Waals surface area contributed by atoms with E-state index in [1.807, 2.05) is 13.8 Å². The van der Waals surface area contributed by atoms with Crippen LogP contribution in [-0.2, 0) is 0 Å². The molecule has 0 atom stereocenters. The van der Waals surface area contributed by atoms with Gasteiger partial charge in [-0.25, -0.2) is 18.8 Å². The monoisotopic (exact) mass is 376 g/mol. The minimum Gasteiger partial charge on any atom is -0.378 e. The number of carbonyl (C=O) groups excluding carboxylic acids is 1. The molecule has 0 aliphatic heterocycles. The number of amides is 1. The molecule has 3 N–H and O–H groups in total. The van der Waals surface area contributed by atoms with Crippen LogP contribution in [0.15, 0.2) is 27.9 Å². The highest BCUT2D eigenvalue weighted by molar-refractivity contribution is 5.94. The Morgan fingerprint density at radius 3 is 2.78 bits per heavy atom. The van der Waals surface area contributed by atoms with Crippen molar-refractivity contribution < 1.29 is 18.2 Å². The third-order valence-corrected chi connectivity index (χ3v) is 3.50. The van der Waals surface area contributed by atoms with Crippen LogP contribution >= 0.6 is 0 Å². The summed E-state index contributed by atoms with van der Waals surface area (Å²) in [6.07, 6.45) is 1.05. The van der Waals surface area contributed by atoms with Gasteiger partial charge in [-0.2, -0.15) is 9.78 Å². The Balaban J connectivity index is 1.84. The number of nitrogens with one attached hydrogen (secondary N) is 1. The molecule has 0 saturated carbocycles. The third kappa shape index (κ3) is 3.63. The van der Waals surface area contributed by atoms with E-state index in [0.717, 1.165) is 12.3 Å². The average Bonchev–Trinajstić information content (AvgIpc) is 3.22. The topological polar surface area (TPSA) is 137 Å². The van der Waals surface area contributed by atoms with E-state index >= 15 is 0 Å². The molecule has 0 spiro atoms. The largest absolute Gasteiger partial charge is 0.378 e. The molecular formula is C15H14F2N8O2. The molecule has 1 amide bonds. The van der Waals surface area contributed by atoms with E-state index in [0.29, 0.717) is 11.8 Å². The van der Waals surface area contributed by atoms with Gasteiger partial charge in [0.05, 0.1) is 11.9 Å². The Bertz CT molecular complexity index is 1010. The molecule has 0 fully saturated rings. The van der Waals surface area contributed by atoms with Gasteiger partial charge in [0.2, 0.25) is 11.6 Å². The van der Waals surface area contributed by atoms with Crippen molar-refractivity contribution in [3.8, 4) is 5.82 Å². The van der Waals surface area contributed by atoms with Crippen molar-refractivity contribution in [2.75, 3.05) is 5.73 Å². The van der Waals surface area contributed by atoms with E-state index in [9.17, 15) is 13.6 Å². The van der Waals surface area contributed by atoms with Crippen molar-refractivity contribution in [1.82, 2.24) is 30.7 Å². The molecule has 0 saturated heterocycles. The second-order valence-corrected chi connectivity index (χ2v) is 5.73. The molecule has 0 unspecified atom stereocenters. The maximum atomic E-state index is 13.6. The minimum atomic E-state index is -0.809. The fourth-order valence-electron chi connectivity index (χ4n) is 2.28. The highest BCUT2D eigenvalue weighted by atomic mass is 19.1. The van der Waals surface area contributed by atoms with Gasteiger partial charge in [-0.3, -0.25) is 4.79 Å². The number of anilines is 1. The van der Waals surface area contributed by atoms with E-state index in [-0.39, 0.29) is 28.8 Å². The second kappa shape index (κ2) is 7.27. The minimum absolute atomic E-state index is 0.00545. The molecule has 10 nitrogen and oxygen atoms in total. The van der Waals surface area contributed by atoms with Gasteiger partial charge in [0, 0.05) is 11.6 Å². The van der Waals surface area contributed by atoms with Gasteiger partial charge >= 0.3 is 0 Å². The van der Waals surface area contributed by atoms with Crippen molar-refractivity contribution >= 4 is 17.9 Å². The highest BCUT2D eigenvalue weighted by Gasteiger charge is 2.25. The van der Waals surface area contributed by atoms with Gasteiger partial charge in [-0.1, -0.05) is 19.1 Å².